The van der Waals surface area contributed by atoms with Gasteiger partial charge in [-0.15, -0.1) is 11.3 Å². The van der Waals surface area contributed by atoms with Crippen LogP contribution in [0.3, 0.4) is 0 Å². The lowest BCUT2D eigenvalue weighted by Crippen LogP contribution is -2.23. The molecular formula is C15H14Br2N2O2S. The third-order valence-corrected chi connectivity index (χ3v) is 5.38. The molecule has 0 aliphatic rings. The van der Waals surface area contributed by atoms with E-state index in [-0.39, 0.29) is 11.8 Å². The van der Waals surface area contributed by atoms with Gasteiger partial charge in [0, 0.05) is 26.2 Å². The van der Waals surface area contributed by atoms with Crippen molar-refractivity contribution in [3.8, 4) is 0 Å². The molecule has 1 aromatic heterocycles. The Morgan fingerprint density at radius 2 is 2.00 bits per heavy atom. The normalized spacial score (nSPS) is 10.4. The molecular weight excluding hydrogens is 432 g/mol. The second-order valence-electron chi connectivity index (χ2n) is 4.77. The highest BCUT2D eigenvalue weighted by molar-refractivity contribution is 9.12. The van der Waals surface area contributed by atoms with E-state index in [1.165, 1.54) is 18.3 Å². The fourth-order valence-electron chi connectivity index (χ4n) is 1.83. The first-order chi connectivity index (χ1) is 10.4. The number of hydrogen-bond donors (Lipinski definition) is 1. The Morgan fingerprint density at radius 1 is 1.27 bits per heavy atom. The first-order valence-electron chi connectivity index (χ1n) is 6.43. The summed E-state index contributed by atoms with van der Waals surface area (Å²) in [5, 5.41) is 2.87. The van der Waals surface area contributed by atoms with Gasteiger partial charge in [-0.2, -0.15) is 0 Å². The largest absolute Gasteiger partial charge is 0.342 e. The predicted molar refractivity (Wildman–Crippen MR) is 96.3 cm³/mol. The summed E-state index contributed by atoms with van der Waals surface area (Å²) in [5.41, 5.74) is 2.25. The van der Waals surface area contributed by atoms with E-state index >= 15 is 0 Å². The van der Waals surface area contributed by atoms with E-state index in [1.807, 2.05) is 24.3 Å². The number of amides is 2. The summed E-state index contributed by atoms with van der Waals surface area (Å²) in [7, 11) is 1.74. The lowest BCUT2D eigenvalue weighted by molar-refractivity contribution is -0.128. The van der Waals surface area contributed by atoms with Gasteiger partial charge in [-0.3, -0.25) is 9.59 Å². The smallest absolute Gasteiger partial charge is 0.257 e. The van der Waals surface area contributed by atoms with Crippen molar-refractivity contribution in [2.45, 2.75) is 13.5 Å². The van der Waals surface area contributed by atoms with Crippen molar-refractivity contribution in [1.82, 2.24) is 4.90 Å². The lowest BCUT2D eigenvalue weighted by Gasteiger charge is -2.15. The zero-order chi connectivity index (χ0) is 16.3. The molecule has 0 saturated carbocycles. The summed E-state index contributed by atoms with van der Waals surface area (Å²) >= 11 is 8.19. The Balaban J connectivity index is 2.11. The molecule has 0 aliphatic carbocycles. The molecule has 116 valence electrons. The average molecular weight is 446 g/mol. The standard InChI is InChI=1S/C15H14Br2N2O2S/c1-9(20)19(2)8-10-4-3-5-11(6-10)18-15(21)12-7-13(16)22-14(12)17/h3-7H,8H2,1-2H3,(H,18,21). The van der Waals surface area contributed by atoms with Crippen molar-refractivity contribution in [1.29, 1.82) is 0 Å². The minimum absolute atomic E-state index is 0.00138. The van der Waals surface area contributed by atoms with Gasteiger partial charge < -0.3 is 10.2 Å². The maximum absolute atomic E-state index is 12.3. The van der Waals surface area contributed by atoms with Crippen LogP contribution in [0.15, 0.2) is 37.9 Å². The average Bonchev–Trinajstić information content (AvgIpc) is 2.78. The van der Waals surface area contributed by atoms with Crippen LogP contribution in [0.1, 0.15) is 22.8 Å². The van der Waals surface area contributed by atoms with Gasteiger partial charge in [0.2, 0.25) is 5.91 Å². The Morgan fingerprint density at radius 3 is 2.59 bits per heavy atom. The van der Waals surface area contributed by atoms with Gasteiger partial charge >= 0.3 is 0 Å². The van der Waals surface area contributed by atoms with Crippen LogP contribution in [-0.4, -0.2) is 23.8 Å². The number of carbonyl (C=O) groups excluding carboxylic acids is 2. The van der Waals surface area contributed by atoms with Gasteiger partial charge in [0.1, 0.15) is 0 Å². The van der Waals surface area contributed by atoms with E-state index in [2.05, 4.69) is 37.2 Å². The lowest BCUT2D eigenvalue weighted by atomic mass is 10.2. The van der Waals surface area contributed by atoms with Crippen LogP contribution in [0.5, 0.6) is 0 Å². The number of halogens is 2. The second kappa shape index (κ2) is 7.39. The zero-order valence-electron chi connectivity index (χ0n) is 12.0. The van der Waals surface area contributed by atoms with Crippen molar-refractivity contribution >= 4 is 60.7 Å². The van der Waals surface area contributed by atoms with Gasteiger partial charge in [0.05, 0.1) is 13.1 Å². The van der Waals surface area contributed by atoms with Crippen LogP contribution in [0.2, 0.25) is 0 Å². The number of rotatable bonds is 4. The Kier molecular flexibility index (Phi) is 5.77. The maximum Gasteiger partial charge on any atom is 0.257 e. The molecule has 0 saturated heterocycles. The molecule has 1 aromatic carbocycles. The summed E-state index contributed by atoms with van der Waals surface area (Å²) in [5.74, 6) is -0.174. The molecule has 4 nitrogen and oxygen atoms in total. The van der Waals surface area contributed by atoms with Crippen molar-refractivity contribution < 1.29 is 9.59 Å². The topological polar surface area (TPSA) is 49.4 Å². The van der Waals surface area contributed by atoms with E-state index in [4.69, 9.17) is 0 Å². The highest BCUT2D eigenvalue weighted by Gasteiger charge is 2.14. The molecule has 1 N–H and O–H groups in total. The van der Waals surface area contributed by atoms with Crippen molar-refractivity contribution in [2.24, 2.45) is 0 Å². The number of benzene rings is 1. The summed E-state index contributed by atoms with van der Waals surface area (Å²) in [4.78, 5) is 25.2. The molecule has 2 rings (SSSR count). The molecule has 22 heavy (non-hydrogen) atoms. The molecule has 2 aromatic rings. The van der Waals surface area contributed by atoms with Crippen LogP contribution in [-0.2, 0) is 11.3 Å². The van der Waals surface area contributed by atoms with Crippen molar-refractivity contribution in [3.05, 3.63) is 49.0 Å². The van der Waals surface area contributed by atoms with Crippen LogP contribution < -0.4 is 5.32 Å². The predicted octanol–water partition coefficient (Wildman–Crippen LogP) is 4.50. The van der Waals surface area contributed by atoms with E-state index < -0.39 is 0 Å². The number of nitrogens with zero attached hydrogens (tertiary/aromatic N) is 1. The summed E-state index contributed by atoms with van der Waals surface area (Å²) < 4.78 is 1.67. The van der Waals surface area contributed by atoms with Crippen LogP contribution in [0.4, 0.5) is 5.69 Å². The molecule has 0 fully saturated rings. The summed E-state index contributed by atoms with van der Waals surface area (Å²) in [6, 6.07) is 9.25. The van der Waals surface area contributed by atoms with Gasteiger partial charge in [0.15, 0.2) is 0 Å². The fraction of sp³-hybridized carbons (Fsp3) is 0.200. The molecule has 0 bridgehead atoms. The Labute approximate surface area is 149 Å². The maximum atomic E-state index is 12.3. The SMILES string of the molecule is CC(=O)N(C)Cc1cccc(NC(=O)c2cc(Br)sc2Br)c1. The highest BCUT2D eigenvalue weighted by atomic mass is 79.9. The van der Waals surface area contributed by atoms with E-state index in [1.54, 1.807) is 18.0 Å². The van der Waals surface area contributed by atoms with Gasteiger partial charge in [0.25, 0.3) is 5.91 Å². The number of nitrogens with one attached hydrogen (secondary N) is 1. The number of hydrogen-bond acceptors (Lipinski definition) is 3. The van der Waals surface area contributed by atoms with E-state index in [0.717, 1.165) is 13.1 Å². The third-order valence-electron chi connectivity index (χ3n) is 3.04. The molecule has 7 heteroatoms. The number of carbonyl (C=O) groups is 2. The third kappa shape index (κ3) is 4.41. The Hall–Kier alpha value is -1.18. The molecule has 2 amide bonds. The van der Waals surface area contributed by atoms with Gasteiger partial charge in [-0.25, -0.2) is 0 Å². The quantitative estimate of drug-likeness (QED) is 0.752. The molecule has 0 aliphatic heterocycles. The molecule has 0 unspecified atom stereocenters. The number of anilines is 1. The number of thiophene rings is 1. The van der Waals surface area contributed by atoms with Crippen LogP contribution in [0, 0.1) is 0 Å². The van der Waals surface area contributed by atoms with E-state index in [9.17, 15) is 9.59 Å². The molecule has 0 spiro atoms. The molecule has 1 heterocycles. The fourth-order valence-corrected chi connectivity index (χ4v) is 4.62. The van der Waals surface area contributed by atoms with Crippen LogP contribution >= 0.6 is 43.2 Å². The zero-order valence-corrected chi connectivity index (χ0v) is 16.0. The minimum atomic E-state index is -0.175. The first kappa shape index (κ1) is 17.2. The first-order valence-corrected chi connectivity index (χ1v) is 8.84. The second-order valence-corrected chi connectivity index (χ2v) is 8.52. The summed E-state index contributed by atoms with van der Waals surface area (Å²) in [6.07, 6.45) is 0. The molecule has 0 atom stereocenters. The van der Waals surface area contributed by atoms with Gasteiger partial charge in [-0.1, -0.05) is 12.1 Å². The minimum Gasteiger partial charge on any atom is -0.342 e. The van der Waals surface area contributed by atoms with Crippen LogP contribution in [0.25, 0.3) is 0 Å². The Bertz CT molecular complexity index is 715. The van der Waals surface area contributed by atoms with E-state index in [0.29, 0.717) is 17.8 Å². The molecule has 0 radical (unpaired) electrons. The monoisotopic (exact) mass is 444 g/mol. The van der Waals surface area contributed by atoms with Crippen molar-refractivity contribution in [3.63, 3.8) is 0 Å². The van der Waals surface area contributed by atoms with Gasteiger partial charge in [-0.05, 0) is 55.6 Å². The summed E-state index contributed by atoms with van der Waals surface area (Å²) in [6.45, 7) is 2.03. The highest BCUT2D eigenvalue weighted by Crippen LogP contribution is 2.32. The van der Waals surface area contributed by atoms with Crippen molar-refractivity contribution in [2.75, 3.05) is 12.4 Å².